The van der Waals surface area contributed by atoms with Gasteiger partial charge in [0, 0.05) is 19.0 Å². The summed E-state index contributed by atoms with van der Waals surface area (Å²) in [7, 11) is 1.45. The molecule has 0 saturated heterocycles. The zero-order chi connectivity index (χ0) is 18.4. The second-order valence-corrected chi connectivity index (χ2v) is 6.54. The van der Waals surface area contributed by atoms with Crippen molar-refractivity contribution >= 4 is 17.3 Å². The van der Waals surface area contributed by atoms with Gasteiger partial charge in [-0.1, -0.05) is 11.6 Å². The zero-order valence-electron chi connectivity index (χ0n) is 13.1. The van der Waals surface area contributed by atoms with Crippen LogP contribution in [0.5, 0.6) is 0 Å². The summed E-state index contributed by atoms with van der Waals surface area (Å²) in [6, 6.07) is 2.57. The van der Waals surface area contributed by atoms with Gasteiger partial charge in [0.05, 0.1) is 17.4 Å². The summed E-state index contributed by atoms with van der Waals surface area (Å²) in [6.07, 6.45) is -2.03. The summed E-state index contributed by atoms with van der Waals surface area (Å²) in [4.78, 5) is 11.8. The lowest BCUT2D eigenvalue weighted by Gasteiger charge is -2.19. The fourth-order valence-electron chi connectivity index (χ4n) is 2.68. The van der Waals surface area contributed by atoms with E-state index in [2.05, 4.69) is 10.4 Å². The molecule has 1 N–H and O–H groups in total. The van der Waals surface area contributed by atoms with Gasteiger partial charge in [-0.25, -0.2) is 9.07 Å². The van der Waals surface area contributed by atoms with E-state index in [1.54, 1.807) is 0 Å². The molecule has 2 aromatic rings. The molecule has 25 heavy (non-hydrogen) atoms. The number of nitrogens with one attached hydrogen (secondary N) is 1. The standard InChI is InChI=1S/C16H14ClF4N3O/c1-24-14(25)13(17)12(7-23-24)22-8-15(2-3-15)9-4-10(16(19,20)21)6-11(18)5-9/h4-7,22H,2-3,8H2,1H3. The molecule has 1 saturated carbocycles. The van der Waals surface area contributed by atoms with E-state index in [9.17, 15) is 22.4 Å². The van der Waals surface area contributed by atoms with E-state index in [1.165, 1.54) is 13.2 Å². The van der Waals surface area contributed by atoms with Gasteiger partial charge in [0.2, 0.25) is 0 Å². The molecule has 9 heteroatoms. The van der Waals surface area contributed by atoms with Gasteiger partial charge in [0.25, 0.3) is 5.56 Å². The van der Waals surface area contributed by atoms with Crippen molar-refractivity contribution in [2.45, 2.75) is 24.4 Å². The molecule has 1 fully saturated rings. The molecule has 134 valence electrons. The molecule has 0 radical (unpaired) electrons. The van der Waals surface area contributed by atoms with E-state index in [0.717, 1.165) is 16.8 Å². The Kier molecular flexibility index (Phi) is 4.26. The highest BCUT2D eigenvalue weighted by molar-refractivity contribution is 6.32. The predicted octanol–water partition coefficient (Wildman–Crippen LogP) is 3.74. The minimum Gasteiger partial charge on any atom is -0.381 e. The maximum Gasteiger partial charge on any atom is 0.416 e. The maximum absolute atomic E-state index is 13.6. The number of hydrogen-bond donors (Lipinski definition) is 1. The van der Waals surface area contributed by atoms with E-state index in [1.807, 2.05) is 0 Å². The average molecular weight is 376 g/mol. The summed E-state index contributed by atoms with van der Waals surface area (Å²) in [5.74, 6) is -0.927. The van der Waals surface area contributed by atoms with Crippen LogP contribution < -0.4 is 10.9 Å². The van der Waals surface area contributed by atoms with Crippen LogP contribution in [0.15, 0.2) is 29.2 Å². The lowest BCUT2D eigenvalue weighted by atomic mass is 9.93. The van der Waals surface area contributed by atoms with Crippen LogP contribution in [0, 0.1) is 5.82 Å². The number of rotatable bonds is 4. The number of nitrogens with zero attached hydrogens (tertiary/aromatic N) is 2. The van der Waals surface area contributed by atoms with Crippen molar-refractivity contribution in [3.05, 3.63) is 56.7 Å². The molecule has 0 unspecified atom stereocenters. The average Bonchev–Trinajstić information content (AvgIpc) is 3.32. The number of halogens is 5. The molecule has 3 rings (SSSR count). The molecule has 1 aromatic heterocycles. The quantitative estimate of drug-likeness (QED) is 0.828. The SMILES string of the molecule is Cn1ncc(NCC2(c3cc(F)cc(C(F)(F)F)c3)CC2)c(Cl)c1=O. The number of aryl methyl sites for hydroxylation is 1. The van der Waals surface area contributed by atoms with E-state index in [-0.39, 0.29) is 17.1 Å². The molecule has 4 nitrogen and oxygen atoms in total. The van der Waals surface area contributed by atoms with Crippen molar-refractivity contribution in [3.8, 4) is 0 Å². The normalized spacial score (nSPS) is 15.9. The zero-order valence-corrected chi connectivity index (χ0v) is 13.9. The van der Waals surface area contributed by atoms with E-state index < -0.39 is 28.5 Å². The van der Waals surface area contributed by atoms with Crippen LogP contribution in [-0.4, -0.2) is 16.3 Å². The van der Waals surface area contributed by atoms with Crippen molar-refractivity contribution in [3.63, 3.8) is 0 Å². The Morgan fingerprint density at radius 1 is 1.32 bits per heavy atom. The Morgan fingerprint density at radius 3 is 2.60 bits per heavy atom. The number of alkyl halides is 3. The fraction of sp³-hybridized carbons (Fsp3) is 0.375. The molecule has 0 atom stereocenters. The smallest absolute Gasteiger partial charge is 0.381 e. The Morgan fingerprint density at radius 2 is 2.00 bits per heavy atom. The highest BCUT2D eigenvalue weighted by Gasteiger charge is 2.45. The largest absolute Gasteiger partial charge is 0.416 e. The lowest BCUT2D eigenvalue weighted by molar-refractivity contribution is -0.137. The number of hydrogen-bond acceptors (Lipinski definition) is 3. The Hall–Kier alpha value is -2.09. The van der Waals surface area contributed by atoms with Crippen LogP contribution in [0.25, 0.3) is 0 Å². The molecular formula is C16H14ClF4N3O. The third-order valence-corrected chi connectivity index (χ3v) is 4.75. The molecule has 0 bridgehead atoms. The van der Waals surface area contributed by atoms with Crippen molar-refractivity contribution in [1.82, 2.24) is 9.78 Å². The molecule has 1 aliphatic carbocycles. The first-order chi connectivity index (χ1) is 11.6. The minimum atomic E-state index is -4.61. The third-order valence-electron chi connectivity index (χ3n) is 4.39. The summed E-state index contributed by atoms with van der Waals surface area (Å²) in [6.45, 7) is 0.225. The molecule has 1 heterocycles. The summed E-state index contributed by atoms with van der Waals surface area (Å²) in [5.41, 5.74) is -1.54. The van der Waals surface area contributed by atoms with Gasteiger partial charge in [-0.05, 0) is 36.6 Å². The van der Waals surface area contributed by atoms with Crippen LogP contribution in [0.2, 0.25) is 5.02 Å². The van der Waals surface area contributed by atoms with E-state index in [4.69, 9.17) is 11.6 Å². The second kappa shape index (κ2) is 6.01. The van der Waals surface area contributed by atoms with Gasteiger partial charge in [-0.15, -0.1) is 0 Å². The molecule has 0 spiro atoms. The van der Waals surface area contributed by atoms with Crippen LogP contribution in [0.1, 0.15) is 24.0 Å². The van der Waals surface area contributed by atoms with E-state index in [0.29, 0.717) is 24.6 Å². The van der Waals surface area contributed by atoms with Crippen molar-refractivity contribution in [2.75, 3.05) is 11.9 Å². The third kappa shape index (κ3) is 3.49. The Labute approximate surface area is 145 Å². The van der Waals surface area contributed by atoms with Gasteiger partial charge in [-0.2, -0.15) is 18.3 Å². The lowest BCUT2D eigenvalue weighted by Crippen LogP contribution is -2.24. The summed E-state index contributed by atoms with van der Waals surface area (Å²) in [5, 5.41) is 6.74. The van der Waals surface area contributed by atoms with Crippen LogP contribution in [0.4, 0.5) is 23.2 Å². The van der Waals surface area contributed by atoms with Crippen molar-refractivity contribution in [2.24, 2.45) is 7.05 Å². The van der Waals surface area contributed by atoms with Crippen molar-refractivity contribution in [1.29, 1.82) is 0 Å². The molecule has 0 amide bonds. The highest BCUT2D eigenvalue weighted by atomic mass is 35.5. The topological polar surface area (TPSA) is 46.9 Å². The van der Waals surface area contributed by atoms with Gasteiger partial charge in [0.15, 0.2) is 0 Å². The first kappa shape index (κ1) is 17.7. The van der Waals surface area contributed by atoms with Crippen molar-refractivity contribution < 1.29 is 17.6 Å². The number of aromatic nitrogens is 2. The highest BCUT2D eigenvalue weighted by Crippen LogP contribution is 2.49. The Balaban J connectivity index is 1.86. The van der Waals surface area contributed by atoms with Crippen LogP contribution in [-0.2, 0) is 18.6 Å². The minimum absolute atomic E-state index is 0.0523. The summed E-state index contributed by atoms with van der Waals surface area (Å²) < 4.78 is 53.4. The van der Waals surface area contributed by atoms with Crippen LogP contribution >= 0.6 is 11.6 Å². The maximum atomic E-state index is 13.6. The van der Waals surface area contributed by atoms with Gasteiger partial charge in [-0.3, -0.25) is 4.79 Å². The van der Waals surface area contributed by atoms with Crippen LogP contribution in [0.3, 0.4) is 0 Å². The van der Waals surface area contributed by atoms with Gasteiger partial charge >= 0.3 is 6.18 Å². The monoisotopic (exact) mass is 375 g/mol. The second-order valence-electron chi connectivity index (χ2n) is 6.16. The number of anilines is 1. The number of benzene rings is 1. The molecule has 1 aliphatic rings. The molecular weight excluding hydrogens is 362 g/mol. The van der Waals surface area contributed by atoms with Gasteiger partial charge < -0.3 is 5.32 Å². The molecule has 0 aliphatic heterocycles. The summed E-state index contributed by atoms with van der Waals surface area (Å²) >= 11 is 5.96. The fourth-order valence-corrected chi connectivity index (χ4v) is 2.91. The predicted molar refractivity (Wildman–Crippen MR) is 85.3 cm³/mol. The molecule has 1 aromatic carbocycles. The Bertz CT molecular complexity index is 875. The van der Waals surface area contributed by atoms with E-state index >= 15 is 0 Å². The first-order valence-corrected chi connectivity index (χ1v) is 7.84. The first-order valence-electron chi connectivity index (χ1n) is 7.46. The van der Waals surface area contributed by atoms with Gasteiger partial charge in [0.1, 0.15) is 10.8 Å².